The molecule has 1 aromatic rings. The van der Waals surface area contributed by atoms with Gasteiger partial charge in [-0.05, 0) is 32.9 Å². The number of nitrogen functional groups attached to an aromatic ring is 1. The highest BCUT2D eigenvalue weighted by Crippen LogP contribution is 2.18. The molecule has 1 aliphatic heterocycles. The van der Waals surface area contributed by atoms with E-state index in [0.29, 0.717) is 17.4 Å². The summed E-state index contributed by atoms with van der Waals surface area (Å²) >= 11 is 0. The second-order valence-electron chi connectivity index (χ2n) is 5.92. The molecule has 116 valence electrons. The number of hydrogen-bond acceptors (Lipinski definition) is 4. The van der Waals surface area contributed by atoms with E-state index >= 15 is 0 Å². The quantitative estimate of drug-likeness (QED) is 0.827. The van der Waals surface area contributed by atoms with Gasteiger partial charge in [-0.3, -0.25) is 14.6 Å². The highest BCUT2D eigenvalue weighted by atomic mass is 16.2. The molecule has 0 saturated carbocycles. The zero-order valence-corrected chi connectivity index (χ0v) is 13.2. The summed E-state index contributed by atoms with van der Waals surface area (Å²) in [6.07, 6.45) is 0. The first-order valence-electron chi connectivity index (χ1n) is 7.62. The molecule has 2 rings (SSSR count). The third-order valence-electron chi connectivity index (χ3n) is 4.22. The van der Waals surface area contributed by atoms with Crippen LogP contribution < -0.4 is 11.1 Å². The minimum Gasteiger partial charge on any atom is -0.397 e. The minimum atomic E-state index is -0.140. The Hall–Kier alpha value is -1.59. The van der Waals surface area contributed by atoms with Gasteiger partial charge in [-0.2, -0.15) is 0 Å². The molecule has 5 nitrogen and oxygen atoms in total. The summed E-state index contributed by atoms with van der Waals surface area (Å²) in [5.41, 5.74) is 7.15. The number of piperazine rings is 1. The number of amides is 1. The van der Waals surface area contributed by atoms with Crippen molar-refractivity contribution in [3.63, 3.8) is 0 Å². The van der Waals surface area contributed by atoms with Crippen molar-refractivity contribution in [2.75, 3.05) is 37.2 Å². The van der Waals surface area contributed by atoms with Gasteiger partial charge in [-0.1, -0.05) is 12.1 Å². The zero-order chi connectivity index (χ0) is 15.4. The third kappa shape index (κ3) is 3.95. The molecule has 0 radical (unpaired) electrons. The second kappa shape index (κ2) is 6.91. The predicted molar refractivity (Wildman–Crippen MR) is 87.2 cm³/mol. The van der Waals surface area contributed by atoms with E-state index in [9.17, 15) is 4.79 Å². The summed E-state index contributed by atoms with van der Waals surface area (Å²) in [6, 6.07) is 7.79. The lowest BCUT2D eigenvalue weighted by Crippen LogP contribution is -2.54. The first-order chi connectivity index (χ1) is 9.99. The molecule has 1 amide bonds. The molecule has 1 atom stereocenters. The number of para-hydroxylation sites is 2. The van der Waals surface area contributed by atoms with E-state index in [1.165, 1.54) is 0 Å². The van der Waals surface area contributed by atoms with Gasteiger partial charge in [0.25, 0.3) is 0 Å². The second-order valence-corrected chi connectivity index (χ2v) is 5.92. The molecule has 1 heterocycles. The van der Waals surface area contributed by atoms with Crippen LogP contribution in [-0.2, 0) is 4.79 Å². The maximum atomic E-state index is 12.4. The first kappa shape index (κ1) is 15.8. The largest absolute Gasteiger partial charge is 0.397 e. The Bertz CT molecular complexity index is 481. The van der Waals surface area contributed by atoms with Crippen LogP contribution in [0.3, 0.4) is 0 Å². The van der Waals surface area contributed by atoms with E-state index in [4.69, 9.17) is 5.73 Å². The lowest BCUT2D eigenvalue weighted by Gasteiger charge is -2.39. The Morgan fingerprint density at radius 3 is 2.24 bits per heavy atom. The lowest BCUT2D eigenvalue weighted by molar-refractivity contribution is -0.121. The highest BCUT2D eigenvalue weighted by Gasteiger charge is 2.26. The van der Waals surface area contributed by atoms with E-state index in [2.05, 4.69) is 29.0 Å². The maximum Gasteiger partial charge on any atom is 0.241 e. The van der Waals surface area contributed by atoms with Gasteiger partial charge < -0.3 is 11.1 Å². The van der Waals surface area contributed by atoms with Gasteiger partial charge in [0.05, 0.1) is 17.4 Å². The highest BCUT2D eigenvalue weighted by molar-refractivity contribution is 5.97. The predicted octanol–water partition coefficient (Wildman–Crippen LogP) is 1.62. The third-order valence-corrected chi connectivity index (χ3v) is 4.22. The standard InChI is InChI=1S/C16H26N4O/c1-12(2)19-8-10-20(11-9-19)13(3)16(21)18-15-7-5-4-6-14(15)17/h4-7,12-13H,8-11,17H2,1-3H3,(H,18,21). The summed E-state index contributed by atoms with van der Waals surface area (Å²) in [4.78, 5) is 17.0. The number of carbonyl (C=O) groups excluding carboxylic acids is 1. The Kier molecular flexibility index (Phi) is 5.20. The number of anilines is 2. The van der Waals surface area contributed by atoms with E-state index in [-0.39, 0.29) is 11.9 Å². The summed E-state index contributed by atoms with van der Waals surface area (Å²) in [5, 5.41) is 2.92. The number of benzene rings is 1. The van der Waals surface area contributed by atoms with Crippen LogP contribution in [0.4, 0.5) is 11.4 Å². The molecule has 1 aliphatic rings. The summed E-state index contributed by atoms with van der Waals surface area (Å²) in [7, 11) is 0. The van der Waals surface area contributed by atoms with Crippen LogP contribution in [0.15, 0.2) is 24.3 Å². The Morgan fingerprint density at radius 1 is 1.10 bits per heavy atom. The van der Waals surface area contributed by atoms with Crippen molar-refractivity contribution >= 4 is 17.3 Å². The number of nitrogens with zero attached hydrogens (tertiary/aromatic N) is 2. The SMILES string of the molecule is CC(C)N1CCN(C(C)C(=O)Nc2ccccc2N)CC1. The van der Waals surface area contributed by atoms with Gasteiger partial charge in [0.1, 0.15) is 0 Å². The molecule has 0 bridgehead atoms. The maximum absolute atomic E-state index is 12.4. The van der Waals surface area contributed by atoms with Crippen LogP contribution in [0.5, 0.6) is 0 Å². The number of rotatable bonds is 4. The van der Waals surface area contributed by atoms with Crippen molar-refractivity contribution in [3.8, 4) is 0 Å². The molecule has 1 aromatic carbocycles. The molecule has 1 saturated heterocycles. The fourth-order valence-corrected chi connectivity index (χ4v) is 2.65. The van der Waals surface area contributed by atoms with Crippen molar-refractivity contribution in [2.45, 2.75) is 32.9 Å². The van der Waals surface area contributed by atoms with Crippen molar-refractivity contribution in [3.05, 3.63) is 24.3 Å². The summed E-state index contributed by atoms with van der Waals surface area (Å²) in [6.45, 7) is 10.3. The summed E-state index contributed by atoms with van der Waals surface area (Å²) in [5.74, 6) is 0.00546. The van der Waals surface area contributed by atoms with Gasteiger partial charge in [-0.25, -0.2) is 0 Å². The van der Waals surface area contributed by atoms with Crippen LogP contribution in [0, 0.1) is 0 Å². The van der Waals surface area contributed by atoms with Gasteiger partial charge in [0, 0.05) is 32.2 Å². The minimum absolute atomic E-state index is 0.00546. The first-order valence-corrected chi connectivity index (χ1v) is 7.62. The van der Waals surface area contributed by atoms with E-state index in [1.54, 1.807) is 6.07 Å². The van der Waals surface area contributed by atoms with Crippen LogP contribution in [0.25, 0.3) is 0 Å². The molecule has 5 heteroatoms. The molecule has 0 aliphatic carbocycles. The Balaban J connectivity index is 1.90. The Labute approximate surface area is 127 Å². The van der Waals surface area contributed by atoms with E-state index in [0.717, 1.165) is 26.2 Å². The molecule has 21 heavy (non-hydrogen) atoms. The molecule has 3 N–H and O–H groups in total. The molecular weight excluding hydrogens is 264 g/mol. The fourth-order valence-electron chi connectivity index (χ4n) is 2.65. The van der Waals surface area contributed by atoms with Crippen molar-refractivity contribution in [2.24, 2.45) is 0 Å². The average Bonchev–Trinajstić information content (AvgIpc) is 2.49. The molecular formula is C16H26N4O. The van der Waals surface area contributed by atoms with Crippen LogP contribution in [-0.4, -0.2) is 54.0 Å². The van der Waals surface area contributed by atoms with Crippen LogP contribution in [0.2, 0.25) is 0 Å². The normalized spacial score (nSPS) is 18.7. The lowest BCUT2D eigenvalue weighted by atomic mass is 10.2. The van der Waals surface area contributed by atoms with Gasteiger partial charge in [0.15, 0.2) is 0 Å². The van der Waals surface area contributed by atoms with E-state index < -0.39 is 0 Å². The topological polar surface area (TPSA) is 61.6 Å². The van der Waals surface area contributed by atoms with Crippen molar-refractivity contribution in [1.82, 2.24) is 9.80 Å². The smallest absolute Gasteiger partial charge is 0.241 e. The number of carbonyl (C=O) groups is 1. The average molecular weight is 290 g/mol. The molecule has 1 unspecified atom stereocenters. The number of nitrogens with one attached hydrogen (secondary N) is 1. The van der Waals surface area contributed by atoms with Gasteiger partial charge in [-0.15, -0.1) is 0 Å². The summed E-state index contributed by atoms with van der Waals surface area (Å²) < 4.78 is 0. The van der Waals surface area contributed by atoms with Crippen LogP contribution >= 0.6 is 0 Å². The number of nitrogens with two attached hydrogens (primary N) is 1. The van der Waals surface area contributed by atoms with Crippen molar-refractivity contribution in [1.29, 1.82) is 0 Å². The Morgan fingerprint density at radius 2 is 1.67 bits per heavy atom. The molecule has 0 spiro atoms. The number of hydrogen-bond donors (Lipinski definition) is 2. The monoisotopic (exact) mass is 290 g/mol. The van der Waals surface area contributed by atoms with Crippen molar-refractivity contribution < 1.29 is 4.79 Å². The van der Waals surface area contributed by atoms with E-state index in [1.807, 2.05) is 25.1 Å². The molecule has 1 fully saturated rings. The van der Waals surface area contributed by atoms with Crippen LogP contribution in [0.1, 0.15) is 20.8 Å². The zero-order valence-electron chi connectivity index (χ0n) is 13.2. The molecule has 0 aromatic heterocycles. The van der Waals surface area contributed by atoms with Gasteiger partial charge in [0.2, 0.25) is 5.91 Å². The fraction of sp³-hybridized carbons (Fsp3) is 0.562. The van der Waals surface area contributed by atoms with Gasteiger partial charge >= 0.3 is 0 Å².